The lowest BCUT2D eigenvalue weighted by Crippen LogP contribution is -2.49. The first-order valence-electron chi connectivity index (χ1n) is 5.32. The van der Waals surface area contributed by atoms with Crippen molar-refractivity contribution in [1.82, 2.24) is 10.2 Å². The molecule has 2 rings (SSSR count). The van der Waals surface area contributed by atoms with E-state index in [1.165, 1.54) is 32.4 Å². The van der Waals surface area contributed by atoms with Crippen LogP contribution < -0.4 is 5.32 Å². The van der Waals surface area contributed by atoms with E-state index in [1.807, 2.05) is 0 Å². The summed E-state index contributed by atoms with van der Waals surface area (Å²) in [5.74, 6) is 0. The fourth-order valence-corrected chi connectivity index (χ4v) is 2.31. The van der Waals surface area contributed by atoms with Crippen LogP contribution in [0, 0.1) is 0 Å². The Bertz CT molecular complexity index is 166. The first-order valence-corrected chi connectivity index (χ1v) is 5.32. The second-order valence-electron chi connectivity index (χ2n) is 4.37. The Morgan fingerprint density at radius 2 is 1.92 bits per heavy atom. The maximum atomic E-state index is 5.41. The van der Waals surface area contributed by atoms with Crippen LogP contribution in [0.25, 0.3) is 0 Å². The second kappa shape index (κ2) is 3.95. The Morgan fingerprint density at radius 1 is 1.15 bits per heavy atom. The molecule has 0 unspecified atom stereocenters. The Hall–Kier alpha value is -0.120. The molecule has 3 nitrogen and oxygen atoms in total. The maximum absolute atomic E-state index is 5.41. The fraction of sp³-hybridized carbons (Fsp3) is 1.00. The van der Waals surface area contributed by atoms with E-state index in [0.717, 1.165) is 19.8 Å². The zero-order valence-corrected chi connectivity index (χ0v) is 8.51. The summed E-state index contributed by atoms with van der Waals surface area (Å²) in [4.78, 5) is 2.41. The molecule has 76 valence electrons. The van der Waals surface area contributed by atoms with Crippen molar-refractivity contribution in [2.75, 3.05) is 39.9 Å². The lowest BCUT2D eigenvalue weighted by atomic mass is 9.87. The van der Waals surface area contributed by atoms with E-state index >= 15 is 0 Å². The zero-order valence-electron chi connectivity index (χ0n) is 8.51. The molecule has 0 aliphatic carbocycles. The number of ether oxygens (including phenoxy) is 1. The summed E-state index contributed by atoms with van der Waals surface area (Å²) in [5, 5.41) is 3.71. The summed E-state index contributed by atoms with van der Waals surface area (Å²) in [5.41, 5.74) is 0.406. The van der Waals surface area contributed by atoms with Gasteiger partial charge in [-0.15, -0.1) is 0 Å². The molecule has 0 aromatic carbocycles. The predicted octanol–water partition coefficient (Wildman–Crippen LogP) is 0.461. The van der Waals surface area contributed by atoms with Crippen molar-refractivity contribution >= 4 is 0 Å². The van der Waals surface area contributed by atoms with Gasteiger partial charge in [-0.25, -0.2) is 0 Å². The number of rotatable bonds is 0. The van der Waals surface area contributed by atoms with E-state index in [-0.39, 0.29) is 0 Å². The van der Waals surface area contributed by atoms with Crippen LogP contribution in [0.1, 0.15) is 19.3 Å². The number of likely N-dealkylation sites (N-methyl/N-ethyl adjacent to an activating group) is 1. The third-order valence-corrected chi connectivity index (χ3v) is 3.42. The Kier molecular flexibility index (Phi) is 2.86. The van der Waals surface area contributed by atoms with Crippen molar-refractivity contribution in [1.29, 1.82) is 0 Å². The van der Waals surface area contributed by atoms with Gasteiger partial charge in [0.05, 0.1) is 0 Å². The van der Waals surface area contributed by atoms with Crippen molar-refractivity contribution in [2.24, 2.45) is 0 Å². The standard InChI is InChI=1S/C10H20N2O/c1-12-6-2-10(11-5-7-12)3-8-13-9-4-10/h11H,2-9H2,1H3. The van der Waals surface area contributed by atoms with Gasteiger partial charge < -0.3 is 15.0 Å². The minimum atomic E-state index is 0.406. The summed E-state index contributed by atoms with van der Waals surface area (Å²) in [7, 11) is 2.21. The van der Waals surface area contributed by atoms with Crippen LogP contribution in [0.4, 0.5) is 0 Å². The van der Waals surface area contributed by atoms with Gasteiger partial charge in [0.2, 0.25) is 0 Å². The highest BCUT2D eigenvalue weighted by Gasteiger charge is 2.33. The molecule has 2 aliphatic rings. The summed E-state index contributed by atoms with van der Waals surface area (Å²) < 4.78 is 5.41. The molecule has 0 bridgehead atoms. The van der Waals surface area contributed by atoms with Crippen LogP contribution in [-0.2, 0) is 4.74 Å². The Balaban J connectivity index is 1.95. The third kappa shape index (κ3) is 2.22. The summed E-state index contributed by atoms with van der Waals surface area (Å²) in [6.45, 7) is 5.43. The SMILES string of the molecule is CN1CCNC2(CCOCC2)CC1. The lowest BCUT2D eigenvalue weighted by molar-refractivity contribution is 0.0371. The maximum Gasteiger partial charge on any atom is 0.0483 e. The van der Waals surface area contributed by atoms with Crippen LogP contribution >= 0.6 is 0 Å². The van der Waals surface area contributed by atoms with Crippen LogP contribution in [0.3, 0.4) is 0 Å². The van der Waals surface area contributed by atoms with Crippen molar-refractivity contribution in [3.05, 3.63) is 0 Å². The summed E-state index contributed by atoms with van der Waals surface area (Å²) in [6, 6.07) is 0. The van der Waals surface area contributed by atoms with Gasteiger partial charge >= 0.3 is 0 Å². The van der Waals surface area contributed by atoms with Crippen LogP contribution in [0.2, 0.25) is 0 Å². The molecule has 0 aromatic heterocycles. The first kappa shape index (κ1) is 9.44. The molecular formula is C10H20N2O. The van der Waals surface area contributed by atoms with Gasteiger partial charge in [0.15, 0.2) is 0 Å². The number of nitrogens with zero attached hydrogens (tertiary/aromatic N) is 1. The van der Waals surface area contributed by atoms with Gasteiger partial charge in [-0.1, -0.05) is 0 Å². The third-order valence-electron chi connectivity index (χ3n) is 3.42. The highest BCUT2D eigenvalue weighted by molar-refractivity contribution is 4.92. The van der Waals surface area contributed by atoms with E-state index in [1.54, 1.807) is 0 Å². The molecule has 2 fully saturated rings. The van der Waals surface area contributed by atoms with E-state index in [2.05, 4.69) is 17.3 Å². The van der Waals surface area contributed by atoms with Crippen LogP contribution in [0.15, 0.2) is 0 Å². The topological polar surface area (TPSA) is 24.5 Å². The van der Waals surface area contributed by atoms with Gasteiger partial charge in [0.25, 0.3) is 0 Å². The Morgan fingerprint density at radius 3 is 2.69 bits per heavy atom. The van der Waals surface area contributed by atoms with Crippen LogP contribution in [0.5, 0.6) is 0 Å². The second-order valence-corrected chi connectivity index (χ2v) is 4.37. The normalized spacial score (nSPS) is 30.2. The fourth-order valence-electron chi connectivity index (χ4n) is 2.31. The molecule has 0 radical (unpaired) electrons. The number of hydrogen-bond acceptors (Lipinski definition) is 3. The molecule has 3 heteroatoms. The van der Waals surface area contributed by atoms with E-state index in [0.29, 0.717) is 5.54 Å². The van der Waals surface area contributed by atoms with Crippen molar-refractivity contribution in [3.63, 3.8) is 0 Å². The Labute approximate surface area is 80.4 Å². The zero-order chi connectivity index (χ0) is 9.15. The summed E-state index contributed by atoms with van der Waals surface area (Å²) in [6.07, 6.45) is 3.68. The molecule has 0 amide bonds. The van der Waals surface area contributed by atoms with Crippen LogP contribution in [-0.4, -0.2) is 50.3 Å². The van der Waals surface area contributed by atoms with Gasteiger partial charge in [0, 0.05) is 31.8 Å². The predicted molar refractivity (Wildman–Crippen MR) is 52.9 cm³/mol. The molecule has 2 heterocycles. The number of nitrogens with one attached hydrogen (secondary N) is 1. The minimum absolute atomic E-state index is 0.406. The lowest BCUT2D eigenvalue weighted by Gasteiger charge is -2.37. The van der Waals surface area contributed by atoms with Gasteiger partial charge in [0.1, 0.15) is 0 Å². The highest BCUT2D eigenvalue weighted by atomic mass is 16.5. The molecule has 0 saturated carbocycles. The average Bonchev–Trinajstić information content (AvgIpc) is 2.32. The van der Waals surface area contributed by atoms with E-state index in [4.69, 9.17) is 4.74 Å². The summed E-state index contributed by atoms with van der Waals surface area (Å²) >= 11 is 0. The molecule has 1 N–H and O–H groups in total. The van der Waals surface area contributed by atoms with Crippen molar-refractivity contribution in [2.45, 2.75) is 24.8 Å². The van der Waals surface area contributed by atoms with Gasteiger partial charge in [-0.3, -0.25) is 0 Å². The molecule has 2 saturated heterocycles. The first-order chi connectivity index (χ1) is 6.31. The molecule has 1 spiro atoms. The minimum Gasteiger partial charge on any atom is -0.381 e. The smallest absolute Gasteiger partial charge is 0.0483 e. The molecule has 0 aromatic rings. The van der Waals surface area contributed by atoms with Crippen molar-refractivity contribution < 1.29 is 4.74 Å². The van der Waals surface area contributed by atoms with E-state index < -0.39 is 0 Å². The molecule has 13 heavy (non-hydrogen) atoms. The van der Waals surface area contributed by atoms with Crippen molar-refractivity contribution in [3.8, 4) is 0 Å². The monoisotopic (exact) mass is 184 g/mol. The van der Waals surface area contributed by atoms with Gasteiger partial charge in [-0.05, 0) is 32.9 Å². The highest BCUT2D eigenvalue weighted by Crippen LogP contribution is 2.25. The van der Waals surface area contributed by atoms with Gasteiger partial charge in [-0.2, -0.15) is 0 Å². The average molecular weight is 184 g/mol. The molecular weight excluding hydrogens is 164 g/mol. The largest absolute Gasteiger partial charge is 0.381 e. The van der Waals surface area contributed by atoms with E-state index in [9.17, 15) is 0 Å². The quantitative estimate of drug-likeness (QED) is 0.592. The number of hydrogen-bond donors (Lipinski definition) is 1. The molecule has 0 atom stereocenters. The molecule has 2 aliphatic heterocycles.